The summed E-state index contributed by atoms with van der Waals surface area (Å²) in [5.74, 6) is 0.0527. The molecule has 4 aromatic heterocycles. The summed E-state index contributed by atoms with van der Waals surface area (Å²) >= 11 is 6.58. The standard InChI is InChI=1S/C26H26ClN9O4/c1-13(2)35-12-18(36(38)39)20(33-35)22-30-19-16(8-9-28-21(19)31-22)14-6-7-15(17(27)10-14)11-29-23(37)24-32-25(34-40-24)26(3,4)5/h6-10,12-13H,11H2,1-5H3,(H,29,37)(H,28,30,31). The zero-order chi connectivity index (χ0) is 28.8. The third kappa shape index (κ3) is 5.15. The molecule has 2 N–H and O–H groups in total. The summed E-state index contributed by atoms with van der Waals surface area (Å²) in [4.78, 5) is 39.9. The van der Waals surface area contributed by atoms with Crippen LogP contribution < -0.4 is 5.32 Å². The van der Waals surface area contributed by atoms with Gasteiger partial charge >= 0.3 is 17.5 Å². The molecule has 0 saturated heterocycles. The van der Waals surface area contributed by atoms with Crippen LogP contribution >= 0.6 is 11.6 Å². The summed E-state index contributed by atoms with van der Waals surface area (Å²) in [6.45, 7) is 9.67. The molecular formula is C26H26ClN9O4. The number of halogens is 1. The number of imidazole rings is 1. The summed E-state index contributed by atoms with van der Waals surface area (Å²) in [7, 11) is 0. The molecule has 0 atom stereocenters. The van der Waals surface area contributed by atoms with Gasteiger partial charge in [0.05, 0.1) is 4.92 Å². The number of carbonyl (C=O) groups excluding carboxylic acids is 1. The minimum atomic E-state index is -0.503. The van der Waals surface area contributed by atoms with Crippen molar-refractivity contribution in [2.45, 2.75) is 52.6 Å². The highest BCUT2D eigenvalue weighted by molar-refractivity contribution is 6.31. The Hall–Kier alpha value is -4.65. The highest BCUT2D eigenvalue weighted by Gasteiger charge is 2.26. The van der Waals surface area contributed by atoms with E-state index in [0.29, 0.717) is 27.6 Å². The number of hydrogen-bond donors (Lipinski definition) is 2. The highest BCUT2D eigenvalue weighted by Crippen LogP contribution is 2.33. The fourth-order valence-electron chi connectivity index (χ4n) is 3.93. The second kappa shape index (κ2) is 10.2. The zero-order valence-corrected chi connectivity index (χ0v) is 23.1. The van der Waals surface area contributed by atoms with Crippen LogP contribution in [0.3, 0.4) is 0 Å². The van der Waals surface area contributed by atoms with Crippen molar-refractivity contribution in [1.82, 2.24) is 40.2 Å². The number of amides is 1. The maximum Gasteiger partial charge on any atom is 0.318 e. The summed E-state index contributed by atoms with van der Waals surface area (Å²) in [5, 5.41) is 23.1. The molecule has 206 valence electrons. The highest BCUT2D eigenvalue weighted by atomic mass is 35.5. The number of benzene rings is 1. The molecule has 5 aromatic rings. The number of pyridine rings is 1. The SMILES string of the molecule is CC(C)n1cc([N+](=O)[O-])c(-c2nc3c(-c4ccc(CNC(=O)c5nc(C(C)(C)C)no5)c(Cl)c4)ccnc3[nH]2)n1. The molecule has 0 spiro atoms. The number of hydrogen-bond acceptors (Lipinski definition) is 9. The third-order valence-corrected chi connectivity index (χ3v) is 6.49. The van der Waals surface area contributed by atoms with Crippen LogP contribution in [0.1, 0.15) is 62.7 Å². The monoisotopic (exact) mass is 563 g/mol. The van der Waals surface area contributed by atoms with Crippen molar-refractivity contribution in [3.05, 3.63) is 69.1 Å². The number of H-pyrrole nitrogens is 1. The van der Waals surface area contributed by atoms with E-state index < -0.39 is 10.8 Å². The molecule has 0 radical (unpaired) electrons. The lowest BCUT2D eigenvalue weighted by Gasteiger charge is -2.10. The second-order valence-corrected chi connectivity index (χ2v) is 10.9. The van der Waals surface area contributed by atoms with E-state index in [-0.39, 0.29) is 41.1 Å². The summed E-state index contributed by atoms with van der Waals surface area (Å²) in [6, 6.07) is 7.11. The van der Waals surface area contributed by atoms with E-state index in [2.05, 4.69) is 35.5 Å². The van der Waals surface area contributed by atoms with E-state index in [9.17, 15) is 14.9 Å². The number of aromatic nitrogens is 7. The number of aromatic amines is 1. The molecule has 0 aliphatic carbocycles. The molecule has 14 heteroatoms. The van der Waals surface area contributed by atoms with Crippen LogP contribution in [0.5, 0.6) is 0 Å². The van der Waals surface area contributed by atoms with E-state index in [1.807, 2.05) is 40.7 Å². The van der Waals surface area contributed by atoms with Gasteiger partial charge in [0.2, 0.25) is 5.69 Å². The first kappa shape index (κ1) is 26.9. The number of carbonyl (C=O) groups is 1. The number of nitrogens with zero attached hydrogens (tertiary/aromatic N) is 7. The average molecular weight is 564 g/mol. The Morgan fingerprint density at radius 3 is 2.67 bits per heavy atom. The minimum absolute atomic E-state index is 0.0658. The van der Waals surface area contributed by atoms with Gasteiger partial charge in [-0.15, -0.1) is 0 Å². The number of fused-ring (bicyclic) bond motifs is 1. The molecule has 40 heavy (non-hydrogen) atoms. The molecule has 0 fully saturated rings. The third-order valence-electron chi connectivity index (χ3n) is 6.14. The van der Waals surface area contributed by atoms with Crippen LogP contribution in [-0.4, -0.2) is 45.7 Å². The minimum Gasteiger partial charge on any atom is -0.344 e. The Bertz CT molecular complexity index is 1750. The lowest BCUT2D eigenvalue weighted by Crippen LogP contribution is -2.23. The molecule has 13 nitrogen and oxygen atoms in total. The lowest BCUT2D eigenvalue weighted by atomic mass is 9.96. The molecule has 0 unspecified atom stereocenters. The van der Waals surface area contributed by atoms with Crippen molar-refractivity contribution < 1.29 is 14.2 Å². The molecular weight excluding hydrogens is 538 g/mol. The Morgan fingerprint density at radius 1 is 1.25 bits per heavy atom. The number of nitro groups is 1. The van der Waals surface area contributed by atoms with Crippen molar-refractivity contribution >= 4 is 34.4 Å². The molecule has 1 aromatic carbocycles. The van der Waals surface area contributed by atoms with Gasteiger partial charge in [-0.05, 0) is 37.1 Å². The van der Waals surface area contributed by atoms with Gasteiger partial charge in [-0.2, -0.15) is 10.1 Å². The topological polar surface area (TPSA) is 171 Å². The smallest absolute Gasteiger partial charge is 0.318 e. The predicted octanol–water partition coefficient (Wildman–Crippen LogP) is 5.24. The first-order chi connectivity index (χ1) is 18.9. The molecule has 0 aliphatic rings. The molecule has 5 rings (SSSR count). The number of nitrogens with one attached hydrogen (secondary N) is 2. The Kier molecular flexibility index (Phi) is 6.84. The van der Waals surface area contributed by atoms with Crippen LogP contribution in [0.4, 0.5) is 5.69 Å². The van der Waals surface area contributed by atoms with Crippen LogP contribution in [0.15, 0.2) is 41.2 Å². The first-order valence-corrected chi connectivity index (χ1v) is 12.8. The predicted molar refractivity (Wildman–Crippen MR) is 147 cm³/mol. The maximum absolute atomic E-state index is 12.5. The van der Waals surface area contributed by atoms with E-state index in [1.54, 1.807) is 24.4 Å². The van der Waals surface area contributed by atoms with E-state index in [1.165, 1.54) is 10.9 Å². The van der Waals surface area contributed by atoms with Gasteiger partial charge < -0.3 is 14.8 Å². The molecule has 4 heterocycles. The number of rotatable bonds is 7. The van der Waals surface area contributed by atoms with Crippen molar-refractivity contribution in [1.29, 1.82) is 0 Å². The van der Waals surface area contributed by atoms with Gasteiger partial charge in [-0.1, -0.05) is 49.7 Å². The summed E-state index contributed by atoms with van der Waals surface area (Å²) in [5.41, 5.74) is 2.73. The van der Waals surface area contributed by atoms with Gasteiger partial charge in [0.1, 0.15) is 11.7 Å². The van der Waals surface area contributed by atoms with Crippen molar-refractivity contribution in [3.8, 4) is 22.6 Å². The van der Waals surface area contributed by atoms with Gasteiger partial charge in [0.25, 0.3) is 0 Å². The molecule has 0 aliphatic heterocycles. The lowest BCUT2D eigenvalue weighted by molar-refractivity contribution is -0.384. The van der Waals surface area contributed by atoms with Crippen LogP contribution in [-0.2, 0) is 12.0 Å². The Morgan fingerprint density at radius 2 is 2.02 bits per heavy atom. The fraction of sp³-hybridized carbons (Fsp3) is 0.308. The van der Waals surface area contributed by atoms with Gasteiger partial charge in [0, 0.05) is 34.8 Å². The van der Waals surface area contributed by atoms with Crippen molar-refractivity contribution in [3.63, 3.8) is 0 Å². The quantitative estimate of drug-likeness (QED) is 0.198. The Labute approximate surface area is 233 Å². The van der Waals surface area contributed by atoms with Gasteiger partial charge in [-0.25, -0.2) is 9.97 Å². The van der Waals surface area contributed by atoms with Gasteiger partial charge in [-0.3, -0.25) is 19.6 Å². The largest absolute Gasteiger partial charge is 0.344 e. The molecule has 0 saturated carbocycles. The van der Waals surface area contributed by atoms with Crippen molar-refractivity contribution in [2.75, 3.05) is 0 Å². The zero-order valence-electron chi connectivity index (χ0n) is 22.4. The normalized spacial score (nSPS) is 11.9. The van der Waals surface area contributed by atoms with Crippen molar-refractivity contribution in [2.24, 2.45) is 0 Å². The Balaban J connectivity index is 1.40. The van der Waals surface area contributed by atoms with E-state index in [4.69, 9.17) is 16.1 Å². The summed E-state index contributed by atoms with van der Waals surface area (Å²) in [6.07, 6.45) is 3.00. The maximum atomic E-state index is 12.5. The molecule has 0 bridgehead atoms. The van der Waals surface area contributed by atoms with Crippen LogP contribution in [0, 0.1) is 10.1 Å². The van der Waals surface area contributed by atoms with Gasteiger partial charge in [0.15, 0.2) is 17.3 Å². The first-order valence-electron chi connectivity index (χ1n) is 12.4. The van der Waals surface area contributed by atoms with Crippen LogP contribution in [0.25, 0.3) is 33.8 Å². The average Bonchev–Trinajstić information content (AvgIpc) is 3.65. The second-order valence-electron chi connectivity index (χ2n) is 10.5. The van der Waals surface area contributed by atoms with E-state index >= 15 is 0 Å². The summed E-state index contributed by atoms with van der Waals surface area (Å²) < 4.78 is 6.61. The molecule has 1 amide bonds. The fourth-order valence-corrected chi connectivity index (χ4v) is 4.18. The van der Waals surface area contributed by atoms with Crippen LogP contribution in [0.2, 0.25) is 5.02 Å². The van der Waals surface area contributed by atoms with E-state index in [0.717, 1.165) is 11.1 Å².